The Labute approximate surface area is 173 Å². The van der Waals surface area contributed by atoms with Crippen LogP contribution >= 0.6 is 0 Å². The van der Waals surface area contributed by atoms with Crippen LogP contribution in [0.3, 0.4) is 0 Å². The maximum Gasteiger partial charge on any atom is 0.224 e. The van der Waals surface area contributed by atoms with Crippen molar-refractivity contribution in [2.45, 2.75) is 12.5 Å². The molecular weight excluding hydrogens is 360 g/mol. The first-order valence-corrected chi connectivity index (χ1v) is 9.79. The maximum absolute atomic E-state index is 12.5. The van der Waals surface area contributed by atoms with Gasteiger partial charge >= 0.3 is 0 Å². The molecule has 0 radical (unpaired) electrons. The molecule has 1 N–H and O–H groups in total. The Bertz CT molecular complexity index is 921. The molecule has 0 spiro atoms. The minimum absolute atomic E-state index is 0.0132. The van der Waals surface area contributed by atoms with Crippen LogP contribution in [0.15, 0.2) is 78.9 Å². The van der Waals surface area contributed by atoms with Crippen LogP contribution in [-0.2, 0) is 11.2 Å². The van der Waals surface area contributed by atoms with Crippen molar-refractivity contribution in [1.29, 1.82) is 0 Å². The first-order chi connectivity index (χ1) is 14.1. The van der Waals surface area contributed by atoms with Gasteiger partial charge in [-0.15, -0.1) is 0 Å². The number of amides is 1. The summed E-state index contributed by atoms with van der Waals surface area (Å²) in [6, 6.07) is 26.4. The van der Waals surface area contributed by atoms with Crippen LogP contribution in [-0.4, -0.2) is 38.6 Å². The molecule has 1 atom stereocenters. The van der Waals surface area contributed by atoms with Gasteiger partial charge in [0, 0.05) is 12.1 Å². The van der Waals surface area contributed by atoms with Gasteiger partial charge in [0.05, 0.1) is 19.6 Å². The van der Waals surface area contributed by atoms with Gasteiger partial charge in [-0.25, -0.2) is 0 Å². The number of benzene rings is 3. The Balaban J connectivity index is 1.61. The summed E-state index contributed by atoms with van der Waals surface area (Å²) in [7, 11) is 5.68. The minimum atomic E-state index is 0.0132. The average molecular weight is 389 g/mol. The lowest BCUT2D eigenvalue weighted by atomic mass is 10.0. The molecule has 0 aliphatic rings. The molecule has 0 fully saturated rings. The highest BCUT2D eigenvalue weighted by Crippen LogP contribution is 2.27. The molecule has 3 rings (SSSR count). The third kappa shape index (κ3) is 5.46. The van der Waals surface area contributed by atoms with Gasteiger partial charge in [-0.2, -0.15) is 0 Å². The number of rotatable bonds is 8. The van der Waals surface area contributed by atoms with E-state index in [0.29, 0.717) is 13.0 Å². The lowest BCUT2D eigenvalue weighted by Gasteiger charge is -2.26. The highest BCUT2D eigenvalue weighted by Gasteiger charge is 2.19. The van der Waals surface area contributed by atoms with Gasteiger partial charge in [0.1, 0.15) is 5.75 Å². The number of para-hydroxylation sites is 1. The molecule has 0 unspecified atom stereocenters. The normalized spacial score (nSPS) is 11.9. The molecule has 150 valence electrons. The number of carbonyl (C=O) groups is 1. The van der Waals surface area contributed by atoms with E-state index in [1.165, 1.54) is 5.56 Å². The standard InChI is InChI=1S/C25H28N2O2/c1-27(2)23(22-11-7-8-12-24(22)29-3)18-26-25(28)17-19-13-15-21(16-14-19)20-9-5-4-6-10-20/h4-16,23H,17-18H2,1-3H3,(H,26,28)/t23-/m0/s1. The molecule has 0 saturated heterocycles. The van der Waals surface area contributed by atoms with Crippen molar-refractivity contribution in [2.75, 3.05) is 27.7 Å². The van der Waals surface area contributed by atoms with E-state index in [0.717, 1.165) is 22.4 Å². The summed E-state index contributed by atoms with van der Waals surface area (Å²) in [5.41, 5.74) is 4.39. The Hall–Kier alpha value is -3.11. The number of ether oxygens (including phenoxy) is 1. The van der Waals surface area contributed by atoms with E-state index < -0.39 is 0 Å². The third-order valence-corrected chi connectivity index (χ3v) is 5.04. The second kappa shape index (κ2) is 9.89. The van der Waals surface area contributed by atoms with Crippen molar-refractivity contribution in [1.82, 2.24) is 10.2 Å². The highest BCUT2D eigenvalue weighted by molar-refractivity contribution is 5.79. The number of nitrogens with zero attached hydrogens (tertiary/aromatic N) is 1. The summed E-state index contributed by atoms with van der Waals surface area (Å²) in [6.07, 6.45) is 0.362. The average Bonchev–Trinajstić information content (AvgIpc) is 2.75. The van der Waals surface area contributed by atoms with Gasteiger partial charge < -0.3 is 15.0 Å². The number of likely N-dealkylation sites (N-methyl/N-ethyl adjacent to an activating group) is 1. The summed E-state index contributed by atoms with van der Waals surface area (Å²) in [5.74, 6) is 0.844. The van der Waals surface area contributed by atoms with Crippen LogP contribution in [0, 0.1) is 0 Å². The van der Waals surface area contributed by atoms with Gasteiger partial charge in [-0.3, -0.25) is 4.79 Å². The van der Waals surface area contributed by atoms with Crippen molar-refractivity contribution in [3.05, 3.63) is 90.0 Å². The van der Waals surface area contributed by atoms with Crippen molar-refractivity contribution in [2.24, 2.45) is 0 Å². The fourth-order valence-corrected chi connectivity index (χ4v) is 3.42. The number of nitrogens with one attached hydrogen (secondary N) is 1. The van der Waals surface area contributed by atoms with Gasteiger partial charge in [-0.1, -0.05) is 72.8 Å². The van der Waals surface area contributed by atoms with Crippen molar-refractivity contribution in [3.8, 4) is 16.9 Å². The molecule has 29 heavy (non-hydrogen) atoms. The molecule has 3 aromatic rings. The van der Waals surface area contributed by atoms with Gasteiger partial charge in [0.15, 0.2) is 0 Å². The number of carbonyl (C=O) groups excluding carboxylic acids is 1. The largest absolute Gasteiger partial charge is 0.496 e. The van der Waals surface area contributed by atoms with E-state index in [-0.39, 0.29) is 11.9 Å². The molecule has 0 saturated carbocycles. The summed E-state index contributed by atoms with van der Waals surface area (Å²) < 4.78 is 5.49. The zero-order valence-electron chi connectivity index (χ0n) is 17.3. The van der Waals surface area contributed by atoms with Crippen LogP contribution in [0.25, 0.3) is 11.1 Å². The lowest BCUT2D eigenvalue weighted by Crippen LogP contribution is -2.35. The van der Waals surface area contributed by atoms with E-state index in [2.05, 4.69) is 34.5 Å². The summed E-state index contributed by atoms with van der Waals surface area (Å²) >= 11 is 0. The van der Waals surface area contributed by atoms with Crippen LogP contribution in [0.1, 0.15) is 17.2 Å². The van der Waals surface area contributed by atoms with Crippen LogP contribution in [0.5, 0.6) is 5.75 Å². The number of hydrogen-bond acceptors (Lipinski definition) is 3. The summed E-state index contributed by atoms with van der Waals surface area (Å²) in [6.45, 7) is 0.522. The predicted molar refractivity (Wildman–Crippen MR) is 118 cm³/mol. The molecule has 0 aliphatic carbocycles. The zero-order valence-corrected chi connectivity index (χ0v) is 17.3. The number of methoxy groups -OCH3 is 1. The van der Waals surface area contributed by atoms with Crippen molar-refractivity contribution >= 4 is 5.91 Å². The molecule has 0 heterocycles. The molecule has 4 heteroatoms. The molecule has 1 amide bonds. The third-order valence-electron chi connectivity index (χ3n) is 5.04. The first kappa shape index (κ1) is 20.6. The molecule has 0 aliphatic heterocycles. The van der Waals surface area contributed by atoms with Crippen LogP contribution < -0.4 is 10.1 Å². The van der Waals surface area contributed by atoms with Gasteiger partial charge in [-0.05, 0) is 36.9 Å². The van der Waals surface area contributed by atoms with E-state index in [9.17, 15) is 4.79 Å². The Kier molecular flexibility index (Phi) is 7.04. The highest BCUT2D eigenvalue weighted by atomic mass is 16.5. The predicted octanol–water partition coefficient (Wildman–Crippen LogP) is 4.32. The van der Waals surface area contributed by atoms with E-state index in [1.807, 2.05) is 68.7 Å². The SMILES string of the molecule is COc1ccccc1[C@H](CNC(=O)Cc1ccc(-c2ccccc2)cc1)N(C)C. The molecule has 4 nitrogen and oxygen atoms in total. The number of hydrogen-bond donors (Lipinski definition) is 1. The fourth-order valence-electron chi connectivity index (χ4n) is 3.42. The van der Waals surface area contributed by atoms with Crippen molar-refractivity contribution in [3.63, 3.8) is 0 Å². The Morgan fingerprint density at radius 1 is 0.897 bits per heavy atom. The van der Waals surface area contributed by atoms with Gasteiger partial charge in [0.2, 0.25) is 5.91 Å². The van der Waals surface area contributed by atoms with Crippen molar-refractivity contribution < 1.29 is 9.53 Å². The quantitative estimate of drug-likeness (QED) is 0.625. The molecule has 0 bridgehead atoms. The Morgan fingerprint density at radius 2 is 1.52 bits per heavy atom. The monoisotopic (exact) mass is 388 g/mol. The molecule has 3 aromatic carbocycles. The zero-order chi connectivity index (χ0) is 20.6. The smallest absolute Gasteiger partial charge is 0.224 e. The minimum Gasteiger partial charge on any atom is -0.496 e. The van der Waals surface area contributed by atoms with E-state index in [4.69, 9.17) is 4.74 Å². The fraction of sp³-hybridized carbons (Fsp3) is 0.240. The summed E-state index contributed by atoms with van der Waals surface area (Å²) in [4.78, 5) is 14.6. The molecule has 0 aromatic heterocycles. The van der Waals surface area contributed by atoms with Gasteiger partial charge in [0.25, 0.3) is 0 Å². The second-order valence-corrected chi connectivity index (χ2v) is 7.27. The Morgan fingerprint density at radius 3 is 2.17 bits per heavy atom. The molecular formula is C25H28N2O2. The lowest BCUT2D eigenvalue weighted by molar-refractivity contribution is -0.120. The van der Waals surface area contributed by atoms with Crippen LogP contribution in [0.2, 0.25) is 0 Å². The topological polar surface area (TPSA) is 41.6 Å². The maximum atomic E-state index is 12.5. The summed E-state index contributed by atoms with van der Waals surface area (Å²) in [5, 5.41) is 3.07. The first-order valence-electron chi connectivity index (χ1n) is 9.79. The second-order valence-electron chi connectivity index (χ2n) is 7.27. The van der Waals surface area contributed by atoms with E-state index >= 15 is 0 Å². The van der Waals surface area contributed by atoms with E-state index in [1.54, 1.807) is 7.11 Å². The van der Waals surface area contributed by atoms with Crippen LogP contribution in [0.4, 0.5) is 0 Å².